The second-order valence-electron chi connectivity index (χ2n) is 19.5. The Balaban J connectivity index is 4.09. The van der Waals surface area contributed by atoms with Gasteiger partial charge in [-0.3, -0.25) is 14.4 Å². The predicted molar refractivity (Wildman–Crippen MR) is 293 cm³/mol. The van der Waals surface area contributed by atoms with Crippen LogP contribution in [0.25, 0.3) is 0 Å². The van der Waals surface area contributed by atoms with E-state index in [1.165, 1.54) is 173 Å². The van der Waals surface area contributed by atoms with Crippen LogP contribution >= 0.6 is 0 Å². The molecule has 0 aliphatic rings. The van der Waals surface area contributed by atoms with Gasteiger partial charge in [-0.05, 0) is 57.8 Å². The molecular weight excluding hydrogens is 841 g/mol. The van der Waals surface area contributed by atoms with Crippen molar-refractivity contribution in [3.05, 3.63) is 60.8 Å². The minimum Gasteiger partial charge on any atom is -0.462 e. The van der Waals surface area contributed by atoms with Gasteiger partial charge in [-0.15, -0.1) is 0 Å². The van der Waals surface area contributed by atoms with Crippen molar-refractivity contribution in [2.24, 2.45) is 0 Å². The van der Waals surface area contributed by atoms with Crippen molar-refractivity contribution in [2.75, 3.05) is 13.2 Å². The SMILES string of the molecule is CC/C=C\C/C=C\C/C=C\C/C=C\C/C=C\CCCC(=O)OC(COC(=O)CCCCCCCC)COC(=O)CCCCCCCCCCCCCCCCCCCCCCCCCCCCC. The number of hydrogen-bond acceptors (Lipinski definition) is 6. The van der Waals surface area contributed by atoms with Crippen molar-refractivity contribution >= 4 is 17.9 Å². The highest BCUT2D eigenvalue weighted by Gasteiger charge is 2.19. The summed E-state index contributed by atoms with van der Waals surface area (Å²) in [5.41, 5.74) is 0. The quantitative estimate of drug-likeness (QED) is 0.0262. The Morgan fingerprint density at radius 1 is 0.309 bits per heavy atom. The van der Waals surface area contributed by atoms with Crippen LogP contribution in [-0.2, 0) is 28.6 Å². The maximum absolute atomic E-state index is 12.8. The van der Waals surface area contributed by atoms with Gasteiger partial charge in [0.25, 0.3) is 0 Å². The summed E-state index contributed by atoms with van der Waals surface area (Å²) in [5, 5.41) is 0. The lowest BCUT2D eigenvalue weighted by Gasteiger charge is -2.18. The van der Waals surface area contributed by atoms with Crippen molar-refractivity contribution in [2.45, 2.75) is 303 Å². The van der Waals surface area contributed by atoms with E-state index >= 15 is 0 Å². The van der Waals surface area contributed by atoms with Gasteiger partial charge in [0.2, 0.25) is 0 Å². The van der Waals surface area contributed by atoms with Gasteiger partial charge in [-0.1, -0.05) is 281 Å². The highest BCUT2D eigenvalue weighted by molar-refractivity contribution is 5.71. The van der Waals surface area contributed by atoms with Crippen molar-refractivity contribution < 1.29 is 28.6 Å². The lowest BCUT2D eigenvalue weighted by atomic mass is 10.0. The maximum Gasteiger partial charge on any atom is 0.306 e. The Kier molecular flexibility index (Phi) is 54.3. The Morgan fingerprint density at radius 3 is 0.882 bits per heavy atom. The molecule has 0 aromatic carbocycles. The van der Waals surface area contributed by atoms with E-state index in [9.17, 15) is 14.4 Å². The summed E-state index contributed by atoms with van der Waals surface area (Å²) in [7, 11) is 0. The van der Waals surface area contributed by atoms with E-state index in [0.29, 0.717) is 19.3 Å². The molecule has 6 heteroatoms. The summed E-state index contributed by atoms with van der Waals surface area (Å²) in [6.07, 6.45) is 71.3. The average Bonchev–Trinajstić information content (AvgIpc) is 3.34. The molecule has 0 aliphatic carbocycles. The zero-order chi connectivity index (χ0) is 49.3. The predicted octanol–water partition coefficient (Wildman–Crippen LogP) is 19.6. The molecule has 394 valence electrons. The fourth-order valence-electron chi connectivity index (χ4n) is 8.42. The molecule has 6 nitrogen and oxygen atoms in total. The molecule has 0 rings (SSSR count). The van der Waals surface area contributed by atoms with Gasteiger partial charge in [0, 0.05) is 19.3 Å². The summed E-state index contributed by atoms with van der Waals surface area (Å²) >= 11 is 0. The Morgan fingerprint density at radius 2 is 0.574 bits per heavy atom. The smallest absolute Gasteiger partial charge is 0.306 e. The highest BCUT2D eigenvalue weighted by Crippen LogP contribution is 2.17. The van der Waals surface area contributed by atoms with Crippen molar-refractivity contribution in [1.82, 2.24) is 0 Å². The molecule has 1 unspecified atom stereocenters. The molecule has 0 saturated carbocycles. The highest BCUT2D eigenvalue weighted by atomic mass is 16.6. The summed E-state index contributed by atoms with van der Waals surface area (Å²) < 4.78 is 16.7. The van der Waals surface area contributed by atoms with Crippen LogP contribution in [0.3, 0.4) is 0 Å². The number of hydrogen-bond donors (Lipinski definition) is 0. The summed E-state index contributed by atoms with van der Waals surface area (Å²) in [5.74, 6) is -0.953. The maximum atomic E-state index is 12.8. The van der Waals surface area contributed by atoms with E-state index in [4.69, 9.17) is 14.2 Å². The zero-order valence-electron chi connectivity index (χ0n) is 45.1. The summed E-state index contributed by atoms with van der Waals surface area (Å²) in [6.45, 7) is 6.45. The molecular formula is C62H110O6. The fraction of sp³-hybridized carbons (Fsp3) is 0.790. The minimum atomic E-state index is -0.799. The van der Waals surface area contributed by atoms with E-state index in [1.807, 2.05) is 0 Å². The number of carbonyl (C=O) groups excluding carboxylic acids is 3. The third-order valence-electron chi connectivity index (χ3n) is 12.8. The number of esters is 3. The van der Waals surface area contributed by atoms with Crippen molar-refractivity contribution in [1.29, 1.82) is 0 Å². The first-order valence-electron chi connectivity index (χ1n) is 29.3. The topological polar surface area (TPSA) is 78.9 Å². The monoisotopic (exact) mass is 951 g/mol. The third-order valence-corrected chi connectivity index (χ3v) is 12.8. The molecule has 0 heterocycles. The van der Waals surface area contributed by atoms with Crippen LogP contribution in [0.1, 0.15) is 297 Å². The van der Waals surface area contributed by atoms with Gasteiger partial charge in [0.15, 0.2) is 6.10 Å². The molecule has 1 atom stereocenters. The van der Waals surface area contributed by atoms with Crippen LogP contribution in [0.2, 0.25) is 0 Å². The summed E-state index contributed by atoms with van der Waals surface area (Å²) in [4.78, 5) is 37.8. The normalized spacial score (nSPS) is 12.5. The Bertz CT molecular complexity index is 1230. The van der Waals surface area contributed by atoms with Gasteiger partial charge in [-0.25, -0.2) is 0 Å². The molecule has 0 aliphatic heterocycles. The lowest BCUT2D eigenvalue weighted by Crippen LogP contribution is -2.30. The second-order valence-corrected chi connectivity index (χ2v) is 19.5. The number of allylic oxidation sites excluding steroid dienone is 10. The van der Waals surface area contributed by atoms with Gasteiger partial charge >= 0.3 is 17.9 Å². The van der Waals surface area contributed by atoms with E-state index in [1.54, 1.807) is 0 Å². The van der Waals surface area contributed by atoms with Crippen LogP contribution < -0.4 is 0 Å². The van der Waals surface area contributed by atoms with Crippen LogP contribution in [0, 0.1) is 0 Å². The first-order chi connectivity index (χ1) is 33.5. The lowest BCUT2D eigenvalue weighted by molar-refractivity contribution is -0.167. The standard InChI is InChI=1S/C62H110O6/c1-4-7-10-13-16-18-20-22-24-26-27-28-29-30-31-32-33-34-35-37-38-40-42-44-46-49-52-55-61(64)67-58-59(57-66-60(63)54-51-48-15-12-9-6-3)68-62(65)56-53-50-47-45-43-41-39-36-25-23-21-19-17-14-11-8-5-2/h8,11,17,19,23,25,39,41,45,47,59H,4-7,9-10,12-16,18,20-22,24,26-38,40,42-44,46,48-58H2,1-3H3/b11-8-,19-17-,25-23-,41-39-,47-45-. The number of carbonyl (C=O) groups is 3. The Hall–Kier alpha value is -2.89. The van der Waals surface area contributed by atoms with Crippen molar-refractivity contribution in [3.63, 3.8) is 0 Å². The van der Waals surface area contributed by atoms with Gasteiger partial charge in [0.1, 0.15) is 13.2 Å². The molecule has 68 heavy (non-hydrogen) atoms. The van der Waals surface area contributed by atoms with Crippen LogP contribution in [-0.4, -0.2) is 37.2 Å². The molecule has 0 saturated heterocycles. The zero-order valence-corrected chi connectivity index (χ0v) is 45.1. The number of unbranched alkanes of at least 4 members (excludes halogenated alkanes) is 32. The molecule has 0 N–H and O–H groups in total. The molecule has 0 radical (unpaired) electrons. The van der Waals surface area contributed by atoms with E-state index in [0.717, 1.165) is 77.0 Å². The molecule has 0 aromatic rings. The summed E-state index contributed by atoms with van der Waals surface area (Å²) in [6, 6.07) is 0. The second kappa shape index (κ2) is 56.7. The van der Waals surface area contributed by atoms with Crippen LogP contribution in [0.15, 0.2) is 60.8 Å². The molecule has 0 fully saturated rings. The first kappa shape index (κ1) is 65.1. The van der Waals surface area contributed by atoms with Gasteiger partial charge < -0.3 is 14.2 Å². The van der Waals surface area contributed by atoms with Crippen LogP contribution in [0.4, 0.5) is 0 Å². The molecule has 0 amide bonds. The average molecular weight is 952 g/mol. The molecule has 0 aromatic heterocycles. The first-order valence-corrected chi connectivity index (χ1v) is 29.3. The largest absolute Gasteiger partial charge is 0.462 e. The van der Waals surface area contributed by atoms with Gasteiger partial charge in [0.05, 0.1) is 0 Å². The van der Waals surface area contributed by atoms with E-state index < -0.39 is 6.10 Å². The minimum absolute atomic E-state index is 0.0941. The van der Waals surface area contributed by atoms with Crippen molar-refractivity contribution in [3.8, 4) is 0 Å². The van der Waals surface area contributed by atoms with Gasteiger partial charge in [-0.2, -0.15) is 0 Å². The molecule has 0 spiro atoms. The number of ether oxygens (including phenoxy) is 3. The number of rotatable bonds is 53. The van der Waals surface area contributed by atoms with Crippen LogP contribution in [0.5, 0.6) is 0 Å². The fourth-order valence-corrected chi connectivity index (χ4v) is 8.42. The van der Waals surface area contributed by atoms with E-state index in [2.05, 4.69) is 81.5 Å². The molecule has 0 bridgehead atoms. The van der Waals surface area contributed by atoms with E-state index in [-0.39, 0.29) is 37.5 Å². The third kappa shape index (κ3) is 54.1. The Labute approximate surface area is 421 Å².